The molecule has 2 fully saturated rings. The molecule has 3 rings (SSSR count). The molecular formula is C18H26N2O. The molecule has 1 heterocycles. The fraction of sp³-hybridized carbons (Fsp3) is 0.611. The third-order valence-electron chi connectivity index (χ3n) is 5.03. The first-order valence-corrected chi connectivity index (χ1v) is 7.99. The van der Waals surface area contributed by atoms with E-state index in [1.807, 2.05) is 6.92 Å². The van der Waals surface area contributed by atoms with Gasteiger partial charge in [0, 0.05) is 6.04 Å². The van der Waals surface area contributed by atoms with Crippen LogP contribution in [0.5, 0.6) is 0 Å². The number of nitrogens with one attached hydrogen (secondary N) is 1. The molecule has 3 nitrogen and oxygen atoms in total. The van der Waals surface area contributed by atoms with Gasteiger partial charge in [0.25, 0.3) is 0 Å². The minimum absolute atomic E-state index is 0.0282. The van der Waals surface area contributed by atoms with Crippen molar-refractivity contribution in [1.82, 2.24) is 10.2 Å². The van der Waals surface area contributed by atoms with Crippen molar-refractivity contribution in [3.63, 3.8) is 0 Å². The van der Waals surface area contributed by atoms with Crippen molar-refractivity contribution in [3.05, 3.63) is 35.4 Å². The summed E-state index contributed by atoms with van der Waals surface area (Å²) in [4.78, 5) is 14.6. The van der Waals surface area contributed by atoms with E-state index in [0.717, 1.165) is 6.42 Å². The van der Waals surface area contributed by atoms with E-state index in [2.05, 4.69) is 62.2 Å². The molecule has 1 amide bonds. The highest BCUT2D eigenvalue weighted by Crippen LogP contribution is 2.51. The van der Waals surface area contributed by atoms with Gasteiger partial charge in [0.2, 0.25) is 5.91 Å². The van der Waals surface area contributed by atoms with Gasteiger partial charge in [0.15, 0.2) is 0 Å². The highest BCUT2D eigenvalue weighted by atomic mass is 16.2. The largest absolute Gasteiger partial charge is 0.318 e. The quantitative estimate of drug-likeness (QED) is 0.923. The van der Waals surface area contributed by atoms with E-state index in [9.17, 15) is 4.79 Å². The van der Waals surface area contributed by atoms with Crippen LogP contribution in [0.4, 0.5) is 0 Å². The molecule has 1 N–H and O–H groups in total. The predicted molar refractivity (Wildman–Crippen MR) is 84.9 cm³/mol. The fourth-order valence-electron chi connectivity index (χ4n) is 3.31. The summed E-state index contributed by atoms with van der Waals surface area (Å²) >= 11 is 0. The van der Waals surface area contributed by atoms with E-state index in [1.165, 1.54) is 11.1 Å². The first-order chi connectivity index (χ1) is 9.81. The van der Waals surface area contributed by atoms with Crippen molar-refractivity contribution in [2.45, 2.75) is 65.2 Å². The predicted octanol–water partition coefficient (Wildman–Crippen LogP) is 3.43. The number of nitrogens with zero attached hydrogens (tertiary/aromatic N) is 1. The van der Waals surface area contributed by atoms with Crippen molar-refractivity contribution in [3.8, 4) is 0 Å². The van der Waals surface area contributed by atoms with Crippen LogP contribution >= 0.6 is 0 Å². The molecule has 3 heteroatoms. The maximum absolute atomic E-state index is 12.5. The average Bonchev–Trinajstić information content (AvgIpc) is 2.95. The van der Waals surface area contributed by atoms with Crippen molar-refractivity contribution in [2.24, 2.45) is 5.41 Å². The maximum atomic E-state index is 12.5. The molecule has 1 aliphatic carbocycles. The Hall–Kier alpha value is -1.35. The van der Waals surface area contributed by atoms with E-state index in [4.69, 9.17) is 0 Å². The standard InChI is InChI=1S/C18H26N2O/c1-11(2)13-6-8-14(9-7-13)16-19-12(3)17(21)20(16)15-10-18(15,4)5/h6-9,11-12,15-16,19H,10H2,1-5H3. The Morgan fingerprint density at radius 2 is 1.81 bits per heavy atom. The molecule has 0 aromatic heterocycles. The summed E-state index contributed by atoms with van der Waals surface area (Å²) in [7, 11) is 0. The summed E-state index contributed by atoms with van der Waals surface area (Å²) < 4.78 is 0. The Bertz CT molecular complexity index is 547. The number of carbonyl (C=O) groups excluding carboxylic acids is 1. The van der Waals surface area contributed by atoms with Crippen molar-refractivity contribution < 1.29 is 4.79 Å². The van der Waals surface area contributed by atoms with Crippen LogP contribution in [0.25, 0.3) is 0 Å². The van der Waals surface area contributed by atoms with Gasteiger partial charge in [-0.1, -0.05) is 52.0 Å². The summed E-state index contributed by atoms with van der Waals surface area (Å²) in [5, 5.41) is 3.45. The number of amides is 1. The van der Waals surface area contributed by atoms with Crippen LogP contribution in [-0.4, -0.2) is 22.9 Å². The Morgan fingerprint density at radius 3 is 2.29 bits per heavy atom. The van der Waals surface area contributed by atoms with Crippen molar-refractivity contribution in [1.29, 1.82) is 0 Å². The molecule has 1 saturated carbocycles. The lowest BCUT2D eigenvalue weighted by molar-refractivity contribution is -0.130. The van der Waals surface area contributed by atoms with Crippen LogP contribution in [0.15, 0.2) is 24.3 Å². The second-order valence-corrected chi connectivity index (χ2v) is 7.57. The molecular weight excluding hydrogens is 260 g/mol. The molecule has 2 aliphatic rings. The minimum atomic E-state index is -0.0869. The normalized spacial score (nSPS) is 31.0. The van der Waals surface area contributed by atoms with Crippen molar-refractivity contribution in [2.75, 3.05) is 0 Å². The molecule has 0 radical (unpaired) electrons. The van der Waals surface area contributed by atoms with Gasteiger partial charge in [-0.05, 0) is 35.8 Å². The Kier molecular flexibility index (Phi) is 3.36. The first-order valence-electron chi connectivity index (χ1n) is 7.99. The highest BCUT2D eigenvalue weighted by molar-refractivity contribution is 5.85. The lowest BCUT2D eigenvalue weighted by atomic mass is 10.0. The number of hydrogen-bond donors (Lipinski definition) is 1. The third-order valence-corrected chi connectivity index (χ3v) is 5.03. The fourth-order valence-corrected chi connectivity index (χ4v) is 3.31. The maximum Gasteiger partial charge on any atom is 0.241 e. The highest BCUT2D eigenvalue weighted by Gasteiger charge is 2.55. The van der Waals surface area contributed by atoms with E-state index in [-0.39, 0.29) is 23.5 Å². The lowest BCUT2D eigenvalue weighted by Crippen LogP contribution is -2.34. The third kappa shape index (κ3) is 2.48. The van der Waals surface area contributed by atoms with Gasteiger partial charge in [0.1, 0.15) is 6.17 Å². The number of rotatable bonds is 3. The van der Waals surface area contributed by atoms with Gasteiger partial charge in [-0.3, -0.25) is 10.1 Å². The molecule has 0 bridgehead atoms. The second kappa shape index (κ2) is 4.84. The van der Waals surface area contributed by atoms with Gasteiger partial charge in [-0.25, -0.2) is 0 Å². The summed E-state index contributed by atoms with van der Waals surface area (Å²) in [6, 6.07) is 8.99. The summed E-state index contributed by atoms with van der Waals surface area (Å²) in [6.45, 7) is 10.9. The van der Waals surface area contributed by atoms with Crippen LogP contribution in [0, 0.1) is 5.41 Å². The van der Waals surface area contributed by atoms with Crippen molar-refractivity contribution >= 4 is 5.91 Å². The van der Waals surface area contributed by atoms with Gasteiger partial charge >= 0.3 is 0 Å². The van der Waals surface area contributed by atoms with Gasteiger partial charge in [-0.2, -0.15) is 0 Å². The average molecular weight is 286 g/mol. The SMILES string of the molecule is CC1NC(c2ccc(C(C)C)cc2)N(C2CC2(C)C)C1=O. The van der Waals surface area contributed by atoms with Gasteiger partial charge in [0.05, 0.1) is 6.04 Å². The zero-order valence-corrected chi connectivity index (χ0v) is 13.7. The molecule has 1 aliphatic heterocycles. The van der Waals surface area contributed by atoms with Crippen LogP contribution in [-0.2, 0) is 4.79 Å². The molecule has 3 atom stereocenters. The zero-order valence-electron chi connectivity index (χ0n) is 13.7. The topological polar surface area (TPSA) is 32.3 Å². The van der Waals surface area contributed by atoms with Crippen LogP contribution in [0.2, 0.25) is 0 Å². The summed E-state index contributed by atoms with van der Waals surface area (Å²) in [5.74, 6) is 0.776. The van der Waals surface area contributed by atoms with E-state index < -0.39 is 0 Å². The second-order valence-electron chi connectivity index (χ2n) is 7.57. The molecule has 21 heavy (non-hydrogen) atoms. The van der Waals surface area contributed by atoms with Crippen LogP contribution in [0.3, 0.4) is 0 Å². The van der Waals surface area contributed by atoms with Gasteiger partial charge in [-0.15, -0.1) is 0 Å². The molecule has 3 unspecified atom stereocenters. The molecule has 1 aromatic carbocycles. The molecule has 0 spiro atoms. The molecule has 1 saturated heterocycles. The summed E-state index contributed by atoms with van der Waals surface area (Å²) in [5.41, 5.74) is 2.80. The Labute approximate surface area is 127 Å². The van der Waals surface area contributed by atoms with Gasteiger partial charge < -0.3 is 4.90 Å². The monoisotopic (exact) mass is 286 g/mol. The first kappa shape index (κ1) is 14.6. The van der Waals surface area contributed by atoms with E-state index >= 15 is 0 Å². The zero-order chi connectivity index (χ0) is 15.4. The Balaban J connectivity index is 1.87. The van der Waals surface area contributed by atoms with E-state index in [1.54, 1.807) is 0 Å². The molecule has 114 valence electrons. The number of benzene rings is 1. The minimum Gasteiger partial charge on any atom is -0.318 e. The number of hydrogen-bond acceptors (Lipinski definition) is 2. The van der Waals surface area contributed by atoms with Crippen LogP contribution < -0.4 is 5.32 Å². The lowest BCUT2D eigenvalue weighted by Gasteiger charge is -2.26. The summed E-state index contributed by atoms with van der Waals surface area (Å²) in [6.07, 6.45) is 1.13. The van der Waals surface area contributed by atoms with Crippen LogP contribution in [0.1, 0.15) is 64.3 Å². The Morgan fingerprint density at radius 1 is 1.24 bits per heavy atom. The smallest absolute Gasteiger partial charge is 0.241 e. The number of carbonyl (C=O) groups is 1. The molecule has 1 aromatic rings. The van der Waals surface area contributed by atoms with E-state index in [0.29, 0.717) is 12.0 Å².